The molecule has 3 N–H and O–H groups in total. The summed E-state index contributed by atoms with van der Waals surface area (Å²) < 4.78 is 5.67. The minimum Gasteiger partial charge on any atom is -0.370 e. The normalized spacial score (nSPS) is 16.9. The van der Waals surface area contributed by atoms with Crippen LogP contribution in [0.4, 0.5) is 5.69 Å². The highest BCUT2D eigenvalue weighted by molar-refractivity contribution is 6.05. The number of ether oxygens (including phenoxy) is 1. The van der Waals surface area contributed by atoms with Gasteiger partial charge in [-0.15, -0.1) is 0 Å². The highest BCUT2D eigenvalue weighted by atomic mass is 16.5. The third kappa shape index (κ3) is 3.64. The Kier molecular flexibility index (Phi) is 4.53. The average molecular weight is 366 g/mol. The van der Waals surface area contributed by atoms with Crippen LogP contribution in [0.1, 0.15) is 60.6 Å². The number of H-pyrrole nitrogens is 2. The molecular formula is C20H22N4O3. The lowest BCUT2D eigenvalue weighted by Gasteiger charge is -2.09. The quantitative estimate of drug-likeness (QED) is 0.658. The first-order valence-electron chi connectivity index (χ1n) is 9.16. The van der Waals surface area contributed by atoms with E-state index in [1.165, 1.54) is 6.07 Å². The van der Waals surface area contributed by atoms with Crippen LogP contribution in [0.5, 0.6) is 0 Å². The van der Waals surface area contributed by atoms with Crippen molar-refractivity contribution in [2.45, 2.75) is 38.7 Å². The highest BCUT2D eigenvalue weighted by Crippen LogP contribution is 2.28. The van der Waals surface area contributed by atoms with Gasteiger partial charge in [0.1, 0.15) is 11.9 Å². The zero-order valence-electron chi connectivity index (χ0n) is 15.3. The topological polar surface area (TPSA) is 99.9 Å². The van der Waals surface area contributed by atoms with E-state index in [1.807, 2.05) is 26.0 Å². The summed E-state index contributed by atoms with van der Waals surface area (Å²) >= 11 is 0. The molecule has 1 amide bonds. The number of nitrogens with zero attached hydrogens (tertiary/aromatic N) is 1. The van der Waals surface area contributed by atoms with E-state index in [4.69, 9.17) is 4.74 Å². The van der Waals surface area contributed by atoms with Gasteiger partial charge in [0.05, 0.1) is 11.0 Å². The van der Waals surface area contributed by atoms with Gasteiger partial charge in [0.25, 0.3) is 5.91 Å². The number of amides is 1. The molecule has 7 nitrogen and oxygen atoms in total. The molecule has 1 unspecified atom stereocenters. The monoisotopic (exact) mass is 366 g/mol. The molecule has 2 aromatic heterocycles. The van der Waals surface area contributed by atoms with Crippen molar-refractivity contribution in [2.24, 2.45) is 0 Å². The van der Waals surface area contributed by atoms with Crippen molar-refractivity contribution in [1.82, 2.24) is 15.0 Å². The minimum absolute atomic E-state index is 0.0148. The summed E-state index contributed by atoms with van der Waals surface area (Å²) in [5.41, 5.74) is 3.10. The SMILES string of the molecule is CC(C)c1cc(C(=O)Nc2ccc3nc(C4CCCO4)[nH]c3c2)cc(=O)[nH]1. The third-order valence-electron chi connectivity index (χ3n) is 4.74. The lowest BCUT2D eigenvalue weighted by molar-refractivity contribution is 0.102. The molecule has 1 atom stereocenters. The highest BCUT2D eigenvalue weighted by Gasteiger charge is 2.21. The van der Waals surface area contributed by atoms with Gasteiger partial charge in [-0.25, -0.2) is 4.98 Å². The fraction of sp³-hybridized carbons (Fsp3) is 0.350. The molecule has 3 heterocycles. The fourth-order valence-electron chi connectivity index (χ4n) is 3.26. The predicted molar refractivity (Wildman–Crippen MR) is 103 cm³/mol. The summed E-state index contributed by atoms with van der Waals surface area (Å²) in [6, 6.07) is 8.53. The molecule has 7 heteroatoms. The number of aromatic amines is 2. The van der Waals surface area contributed by atoms with Gasteiger partial charge in [-0.1, -0.05) is 13.8 Å². The molecule has 0 spiro atoms. The molecule has 1 fully saturated rings. The van der Waals surface area contributed by atoms with Gasteiger partial charge in [0.2, 0.25) is 5.56 Å². The first-order valence-corrected chi connectivity index (χ1v) is 9.16. The number of carbonyl (C=O) groups is 1. The van der Waals surface area contributed by atoms with E-state index in [-0.39, 0.29) is 23.5 Å². The Bertz CT molecular complexity index is 1040. The van der Waals surface area contributed by atoms with Crippen molar-refractivity contribution in [3.05, 3.63) is 57.8 Å². The summed E-state index contributed by atoms with van der Waals surface area (Å²) in [6.45, 7) is 4.69. The number of rotatable bonds is 4. The van der Waals surface area contributed by atoms with Gasteiger partial charge in [0, 0.05) is 29.6 Å². The predicted octanol–water partition coefficient (Wildman–Crippen LogP) is 3.48. The van der Waals surface area contributed by atoms with Crippen LogP contribution in [0.15, 0.2) is 35.1 Å². The van der Waals surface area contributed by atoms with E-state index in [2.05, 4.69) is 20.3 Å². The van der Waals surface area contributed by atoms with E-state index < -0.39 is 0 Å². The van der Waals surface area contributed by atoms with Gasteiger partial charge in [-0.05, 0) is 43.0 Å². The maximum absolute atomic E-state index is 12.6. The third-order valence-corrected chi connectivity index (χ3v) is 4.74. The molecular weight excluding hydrogens is 344 g/mol. The van der Waals surface area contributed by atoms with Crippen molar-refractivity contribution in [2.75, 3.05) is 11.9 Å². The Morgan fingerprint density at radius 1 is 1.26 bits per heavy atom. The van der Waals surface area contributed by atoms with Crippen LogP contribution in [0.3, 0.4) is 0 Å². The van der Waals surface area contributed by atoms with E-state index in [0.717, 1.165) is 42.0 Å². The number of pyridine rings is 1. The number of aromatic nitrogens is 3. The number of imidazole rings is 1. The zero-order chi connectivity index (χ0) is 19.0. The maximum Gasteiger partial charge on any atom is 0.255 e. The first-order chi connectivity index (χ1) is 13.0. The Morgan fingerprint density at radius 3 is 2.85 bits per heavy atom. The lowest BCUT2D eigenvalue weighted by Crippen LogP contribution is -2.18. The Balaban J connectivity index is 1.57. The zero-order valence-corrected chi connectivity index (χ0v) is 15.3. The van der Waals surface area contributed by atoms with Crippen LogP contribution in [0.2, 0.25) is 0 Å². The lowest BCUT2D eigenvalue weighted by atomic mass is 10.1. The first kappa shape index (κ1) is 17.5. The van der Waals surface area contributed by atoms with Crippen LogP contribution in [0, 0.1) is 0 Å². The van der Waals surface area contributed by atoms with E-state index in [0.29, 0.717) is 11.3 Å². The number of fused-ring (bicyclic) bond motifs is 1. The van der Waals surface area contributed by atoms with Crippen LogP contribution in [-0.4, -0.2) is 27.5 Å². The van der Waals surface area contributed by atoms with Crippen LogP contribution >= 0.6 is 0 Å². The molecule has 0 aliphatic carbocycles. The summed E-state index contributed by atoms with van der Waals surface area (Å²) in [5.74, 6) is 0.631. The number of hydrogen-bond donors (Lipinski definition) is 3. The number of nitrogens with one attached hydrogen (secondary N) is 3. The fourth-order valence-corrected chi connectivity index (χ4v) is 3.26. The summed E-state index contributed by atoms with van der Waals surface area (Å²) in [4.78, 5) is 35.0. The van der Waals surface area contributed by atoms with Crippen LogP contribution < -0.4 is 10.9 Å². The molecule has 1 aliphatic rings. The largest absolute Gasteiger partial charge is 0.370 e. The molecule has 0 saturated carbocycles. The van der Waals surface area contributed by atoms with E-state index in [9.17, 15) is 9.59 Å². The van der Waals surface area contributed by atoms with Crippen LogP contribution in [-0.2, 0) is 4.74 Å². The number of hydrogen-bond acceptors (Lipinski definition) is 4. The van der Waals surface area contributed by atoms with Gasteiger partial charge >= 0.3 is 0 Å². The minimum atomic E-state index is -0.318. The van der Waals surface area contributed by atoms with Crippen molar-refractivity contribution >= 4 is 22.6 Å². The molecule has 0 bridgehead atoms. The molecule has 1 aliphatic heterocycles. The van der Waals surface area contributed by atoms with Gasteiger partial charge < -0.3 is 20.0 Å². The molecule has 0 radical (unpaired) electrons. The molecule has 4 rings (SSSR count). The second-order valence-corrected chi connectivity index (χ2v) is 7.15. The van der Waals surface area contributed by atoms with Crippen molar-refractivity contribution in [3.8, 4) is 0 Å². The van der Waals surface area contributed by atoms with E-state index >= 15 is 0 Å². The number of anilines is 1. The van der Waals surface area contributed by atoms with Crippen molar-refractivity contribution in [1.29, 1.82) is 0 Å². The Hall–Kier alpha value is -2.93. The summed E-state index contributed by atoms with van der Waals surface area (Å²) in [6.07, 6.45) is 2.02. The standard InChI is InChI=1S/C20H22N4O3/c1-11(2)15-8-12(9-18(25)22-15)20(26)21-13-5-6-14-16(10-13)24-19(23-14)17-4-3-7-27-17/h5-6,8-11,17H,3-4,7H2,1-2H3,(H,21,26)(H,22,25)(H,23,24). The molecule has 3 aromatic rings. The molecule has 1 aromatic carbocycles. The summed E-state index contributed by atoms with van der Waals surface area (Å²) in [7, 11) is 0. The average Bonchev–Trinajstić information content (AvgIpc) is 3.30. The number of carbonyl (C=O) groups excluding carboxylic acids is 1. The molecule has 140 valence electrons. The molecule has 1 saturated heterocycles. The number of benzene rings is 1. The van der Waals surface area contributed by atoms with Crippen molar-refractivity contribution in [3.63, 3.8) is 0 Å². The van der Waals surface area contributed by atoms with Gasteiger partial charge in [-0.3, -0.25) is 9.59 Å². The smallest absolute Gasteiger partial charge is 0.255 e. The molecule has 27 heavy (non-hydrogen) atoms. The van der Waals surface area contributed by atoms with Crippen molar-refractivity contribution < 1.29 is 9.53 Å². The Labute approximate surface area is 156 Å². The Morgan fingerprint density at radius 2 is 2.11 bits per heavy atom. The maximum atomic E-state index is 12.6. The second kappa shape index (κ2) is 7.00. The second-order valence-electron chi connectivity index (χ2n) is 7.15. The van der Waals surface area contributed by atoms with E-state index in [1.54, 1.807) is 12.1 Å². The van der Waals surface area contributed by atoms with Gasteiger partial charge in [-0.2, -0.15) is 0 Å². The van der Waals surface area contributed by atoms with Gasteiger partial charge in [0.15, 0.2) is 0 Å². The summed E-state index contributed by atoms with van der Waals surface area (Å²) in [5, 5.41) is 2.85. The van der Waals surface area contributed by atoms with Crippen LogP contribution in [0.25, 0.3) is 11.0 Å².